The number of hydrogen-bond acceptors (Lipinski definition) is 8. The van der Waals surface area contributed by atoms with Crippen molar-refractivity contribution in [3.8, 4) is 28.7 Å². The molecule has 3 unspecified atom stereocenters. The number of fused-ring (bicyclic) bond motifs is 3. The van der Waals surface area contributed by atoms with Gasteiger partial charge in [-0.1, -0.05) is 0 Å². The van der Waals surface area contributed by atoms with Crippen LogP contribution in [-0.4, -0.2) is 43.8 Å². The molecule has 5 rings (SSSR count). The molecule has 2 aromatic carbocycles. The number of rotatable bonds is 3. The number of hydrogen-bond donors (Lipinski definition) is 2. The van der Waals surface area contributed by atoms with Crippen molar-refractivity contribution < 1.29 is 38.7 Å². The second kappa shape index (κ2) is 6.45. The molecule has 1 fully saturated rings. The summed E-state index contributed by atoms with van der Waals surface area (Å²) in [6, 6.07) is 6.93. The van der Waals surface area contributed by atoms with E-state index in [0.717, 1.165) is 5.56 Å². The second-order valence-corrected chi connectivity index (χ2v) is 7.35. The van der Waals surface area contributed by atoms with Gasteiger partial charge in [0.15, 0.2) is 23.0 Å². The highest BCUT2D eigenvalue weighted by molar-refractivity contribution is 5.79. The SMILES string of the molecule is COc1cc(C2c3cc4c(cc3C(O)C3COC(=O)[C@H]23)OCO4)cc(OC)c1O. The van der Waals surface area contributed by atoms with Crippen molar-refractivity contribution >= 4 is 5.97 Å². The lowest BCUT2D eigenvalue weighted by atomic mass is 9.66. The Morgan fingerprint density at radius 1 is 0.966 bits per heavy atom. The van der Waals surface area contributed by atoms with Crippen LogP contribution in [0.2, 0.25) is 0 Å². The normalized spacial score (nSPS) is 26.5. The number of carbonyl (C=O) groups excluding carboxylic acids is 1. The fourth-order valence-corrected chi connectivity index (χ4v) is 4.63. The Balaban J connectivity index is 1.75. The molecule has 2 aromatic rings. The molecule has 0 radical (unpaired) electrons. The van der Waals surface area contributed by atoms with Crippen molar-refractivity contribution in [2.45, 2.75) is 12.0 Å². The summed E-state index contributed by atoms with van der Waals surface area (Å²) in [5.41, 5.74) is 2.12. The molecule has 1 aliphatic carbocycles. The maximum Gasteiger partial charge on any atom is 0.310 e. The van der Waals surface area contributed by atoms with E-state index in [4.69, 9.17) is 23.7 Å². The molecule has 2 heterocycles. The Hall–Kier alpha value is -3.13. The summed E-state index contributed by atoms with van der Waals surface area (Å²) in [7, 11) is 2.89. The maximum atomic E-state index is 12.7. The first-order chi connectivity index (χ1) is 14.0. The van der Waals surface area contributed by atoms with Gasteiger partial charge in [-0.05, 0) is 41.0 Å². The minimum atomic E-state index is -0.867. The minimum absolute atomic E-state index is 0.106. The van der Waals surface area contributed by atoms with Crippen molar-refractivity contribution in [3.05, 3.63) is 41.0 Å². The van der Waals surface area contributed by atoms with Gasteiger partial charge in [0.1, 0.15) is 0 Å². The minimum Gasteiger partial charge on any atom is -0.502 e. The first kappa shape index (κ1) is 17.9. The number of methoxy groups -OCH3 is 2. The van der Waals surface area contributed by atoms with Gasteiger partial charge < -0.3 is 33.9 Å². The molecule has 0 saturated carbocycles. The van der Waals surface area contributed by atoms with Crippen LogP contribution < -0.4 is 18.9 Å². The van der Waals surface area contributed by atoms with Crippen LogP contribution in [0.1, 0.15) is 28.7 Å². The Labute approximate surface area is 166 Å². The van der Waals surface area contributed by atoms with Crippen LogP contribution in [0.3, 0.4) is 0 Å². The number of benzene rings is 2. The number of cyclic esters (lactones) is 1. The molecule has 2 N–H and O–H groups in total. The predicted molar refractivity (Wildman–Crippen MR) is 98.5 cm³/mol. The highest BCUT2D eigenvalue weighted by Gasteiger charge is 2.52. The van der Waals surface area contributed by atoms with E-state index >= 15 is 0 Å². The van der Waals surface area contributed by atoms with E-state index in [2.05, 4.69) is 0 Å². The molecule has 0 aromatic heterocycles. The Morgan fingerprint density at radius 2 is 1.59 bits per heavy atom. The van der Waals surface area contributed by atoms with E-state index < -0.39 is 23.9 Å². The van der Waals surface area contributed by atoms with Crippen LogP contribution in [0.4, 0.5) is 0 Å². The molecule has 2 aliphatic heterocycles. The van der Waals surface area contributed by atoms with Gasteiger partial charge in [0, 0.05) is 11.8 Å². The van der Waals surface area contributed by atoms with Crippen LogP contribution in [-0.2, 0) is 9.53 Å². The lowest BCUT2D eigenvalue weighted by molar-refractivity contribution is -0.141. The van der Waals surface area contributed by atoms with Crippen molar-refractivity contribution in [2.75, 3.05) is 27.6 Å². The van der Waals surface area contributed by atoms with Crippen LogP contribution in [0, 0.1) is 11.8 Å². The number of esters is 1. The van der Waals surface area contributed by atoms with Gasteiger partial charge in [-0.3, -0.25) is 4.79 Å². The average molecular weight is 400 g/mol. The fourth-order valence-electron chi connectivity index (χ4n) is 4.63. The van der Waals surface area contributed by atoms with Crippen molar-refractivity contribution in [1.29, 1.82) is 0 Å². The van der Waals surface area contributed by atoms with Gasteiger partial charge in [-0.25, -0.2) is 0 Å². The molecule has 0 amide bonds. The second-order valence-electron chi connectivity index (χ2n) is 7.35. The van der Waals surface area contributed by atoms with Gasteiger partial charge in [-0.2, -0.15) is 0 Å². The third kappa shape index (κ3) is 2.52. The average Bonchev–Trinajstić information content (AvgIpc) is 3.34. The Bertz CT molecular complexity index is 975. The van der Waals surface area contributed by atoms with Gasteiger partial charge in [0.05, 0.1) is 32.8 Å². The maximum absolute atomic E-state index is 12.7. The standard InChI is InChI=1S/C21H20O8/c1-25-15-3-9(4-16(26-2)20(15)23)17-10-5-13-14(29-8-28-13)6-11(10)19(22)12-7-27-21(24)18(12)17/h3-6,12,17-19,22-23H,7-8H2,1-2H3/t12?,17?,18-,19?/m0/s1. The lowest BCUT2D eigenvalue weighted by Crippen LogP contribution is -2.34. The highest BCUT2D eigenvalue weighted by atomic mass is 16.7. The quantitative estimate of drug-likeness (QED) is 0.755. The number of aromatic hydroxyl groups is 1. The largest absolute Gasteiger partial charge is 0.502 e. The summed E-state index contributed by atoms with van der Waals surface area (Å²) < 4.78 is 26.9. The number of ether oxygens (including phenoxy) is 5. The molecule has 1 saturated heterocycles. The van der Waals surface area contributed by atoms with E-state index in [1.54, 1.807) is 24.3 Å². The van der Waals surface area contributed by atoms with E-state index in [0.29, 0.717) is 22.6 Å². The molecule has 3 aliphatic rings. The summed E-state index contributed by atoms with van der Waals surface area (Å²) in [4.78, 5) is 12.7. The first-order valence-corrected chi connectivity index (χ1v) is 9.26. The molecule has 29 heavy (non-hydrogen) atoms. The summed E-state index contributed by atoms with van der Waals surface area (Å²) in [5, 5.41) is 21.3. The smallest absolute Gasteiger partial charge is 0.310 e. The monoisotopic (exact) mass is 400 g/mol. The van der Waals surface area contributed by atoms with Crippen molar-refractivity contribution in [2.24, 2.45) is 11.8 Å². The third-order valence-electron chi connectivity index (χ3n) is 6.01. The third-order valence-corrected chi connectivity index (χ3v) is 6.01. The molecular weight excluding hydrogens is 380 g/mol. The fraction of sp³-hybridized carbons (Fsp3) is 0.381. The van der Waals surface area contributed by atoms with Gasteiger partial charge in [0.2, 0.25) is 12.5 Å². The van der Waals surface area contributed by atoms with Gasteiger partial charge >= 0.3 is 5.97 Å². The van der Waals surface area contributed by atoms with Crippen molar-refractivity contribution in [3.63, 3.8) is 0 Å². The first-order valence-electron chi connectivity index (χ1n) is 9.26. The molecular formula is C21H20O8. The molecule has 8 heteroatoms. The molecule has 152 valence electrons. The summed E-state index contributed by atoms with van der Waals surface area (Å²) in [6.45, 7) is 0.246. The molecule has 4 atom stereocenters. The van der Waals surface area contributed by atoms with E-state index in [9.17, 15) is 15.0 Å². The molecule has 0 spiro atoms. The number of carbonyl (C=O) groups is 1. The van der Waals surface area contributed by atoms with E-state index in [-0.39, 0.29) is 36.6 Å². The number of phenols is 1. The summed E-state index contributed by atoms with van der Waals surface area (Å²) in [5.74, 6) is -0.324. The zero-order valence-corrected chi connectivity index (χ0v) is 15.9. The topological polar surface area (TPSA) is 104 Å². The van der Waals surface area contributed by atoms with Crippen LogP contribution >= 0.6 is 0 Å². The number of phenolic OH excluding ortho intramolecular Hbond substituents is 1. The van der Waals surface area contributed by atoms with E-state index in [1.165, 1.54) is 14.2 Å². The Morgan fingerprint density at radius 3 is 2.21 bits per heavy atom. The van der Waals surface area contributed by atoms with Crippen LogP contribution in [0.25, 0.3) is 0 Å². The van der Waals surface area contributed by atoms with Crippen molar-refractivity contribution in [1.82, 2.24) is 0 Å². The molecule has 8 nitrogen and oxygen atoms in total. The predicted octanol–water partition coefficient (Wildman–Crippen LogP) is 2.11. The zero-order chi connectivity index (χ0) is 20.3. The number of aliphatic hydroxyl groups is 1. The highest BCUT2D eigenvalue weighted by Crippen LogP contribution is 2.55. The summed E-state index contributed by atoms with van der Waals surface area (Å²) in [6.07, 6.45) is -0.867. The Kier molecular flexibility index (Phi) is 3.99. The zero-order valence-electron chi connectivity index (χ0n) is 15.9. The lowest BCUT2D eigenvalue weighted by Gasteiger charge is -2.37. The molecule has 0 bridgehead atoms. The van der Waals surface area contributed by atoms with E-state index in [1.807, 2.05) is 0 Å². The van der Waals surface area contributed by atoms with Crippen LogP contribution in [0.15, 0.2) is 24.3 Å². The van der Waals surface area contributed by atoms with Crippen LogP contribution in [0.5, 0.6) is 28.7 Å². The summed E-state index contributed by atoms with van der Waals surface area (Å²) >= 11 is 0. The van der Waals surface area contributed by atoms with Gasteiger partial charge in [0.25, 0.3) is 0 Å². The van der Waals surface area contributed by atoms with Gasteiger partial charge in [-0.15, -0.1) is 0 Å². The number of aliphatic hydroxyl groups excluding tert-OH is 1.